The highest BCUT2D eigenvalue weighted by molar-refractivity contribution is 7.15. The lowest BCUT2D eigenvalue weighted by Crippen LogP contribution is -2.22. The number of aromatic nitrogens is 2. The maximum Gasteiger partial charge on any atom is 0.274 e. The molecular weight excluding hydrogens is 479 g/mol. The van der Waals surface area contributed by atoms with Gasteiger partial charge in [-0.05, 0) is 55.0 Å². The van der Waals surface area contributed by atoms with Crippen LogP contribution in [-0.4, -0.2) is 16.0 Å². The number of fused-ring (bicyclic) bond motifs is 3. The third-order valence-electron chi connectivity index (χ3n) is 5.14. The van der Waals surface area contributed by atoms with E-state index in [4.69, 9.17) is 32.7 Å². The molecule has 5 nitrogen and oxygen atoms in total. The van der Waals surface area contributed by atoms with Crippen LogP contribution in [0, 0.1) is 0 Å². The standard InChI is InChI=1S/C25H18Cl2N2O3S/c1-2-31-22-12-15(10-11-21(22)32-14-16-17(26)6-5-7-18(16)27)13-23-24(30)29-20-9-4-3-8-19(20)28-25(29)33-23/h3-13H,2,14H2,1H3/b23-13+. The first-order valence-electron chi connectivity index (χ1n) is 10.3. The van der Waals surface area contributed by atoms with Crippen LogP contribution >= 0.6 is 34.5 Å². The minimum atomic E-state index is -0.0876. The maximum absolute atomic E-state index is 13.0. The van der Waals surface area contributed by atoms with Gasteiger partial charge >= 0.3 is 0 Å². The third-order valence-corrected chi connectivity index (χ3v) is 6.82. The molecule has 0 atom stereocenters. The Labute approximate surface area is 203 Å². The lowest BCUT2D eigenvalue weighted by molar-refractivity contribution is 0.269. The van der Waals surface area contributed by atoms with E-state index in [2.05, 4.69) is 4.98 Å². The molecular formula is C25H18Cl2N2O3S. The fraction of sp³-hybridized carbons (Fsp3) is 0.120. The lowest BCUT2D eigenvalue weighted by atomic mass is 10.2. The van der Waals surface area contributed by atoms with Crippen molar-refractivity contribution in [3.05, 3.63) is 96.7 Å². The number of para-hydroxylation sites is 2. The molecule has 0 N–H and O–H groups in total. The number of hydrogen-bond donors (Lipinski definition) is 0. The van der Waals surface area contributed by atoms with E-state index in [1.54, 1.807) is 22.6 Å². The van der Waals surface area contributed by atoms with Crippen molar-refractivity contribution in [2.75, 3.05) is 6.61 Å². The minimum absolute atomic E-state index is 0.0876. The summed E-state index contributed by atoms with van der Waals surface area (Å²) in [4.78, 5) is 18.3. The number of hydrogen-bond acceptors (Lipinski definition) is 5. The Kier molecular flexibility index (Phi) is 5.98. The molecule has 5 rings (SSSR count). The molecule has 0 saturated heterocycles. The van der Waals surface area contributed by atoms with Gasteiger partial charge in [0.1, 0.15) is 6.61 Å². The summed E-state index contributed by atoms with van der Waals surface area (Å²) in [5.41, 5.74) is 3.07. The second kappa shape index (κ2) is 9.06. The van der Waals surface area contributed by atoms with E-state index in [0.29, 0.717) is 43.2 Å². The van der Waals surface area contributed by atoms with Gasteiger partial charge in [0.05, 0.1) is 22.2 Å². The van der Waals surface area contributed by atoms with Crippen molar-refractivity contribution in [3.63, 3.8) is 0 Å². The molecule has 0 unspecified atom stereocenters. The quantitative estimate of drug-likeness (QED) is 0.300. The van der Waals surface area contributed by atoms with Crippen molar-refractivity contribution in [1.29, 1.82) is 0 Å². The van der Waals surface area contributed by atoms with Gasteiger partial charge in [-0.25, -0.2) is 9.38 Å². The Bertz CT molecular complexity index is 1570. The molecule has 0 amide bonds. The highest BCUT2D eigenvalue weighted by Gasteiger charge is 2.12. The minimum Gasteiger partial charge on any atom is -0.490 e. The van der Waals surface area contributed by atoms with Gasteiger partial charge in [-0.15, -0.1) is 0 Å². The van der Waals surface area contributed by atoms with Crippen LogP contribution in [0.5, 0.6) is 11.5 Å². The number of imidazole rings is 1. The largest absolute Gasteiger partial charge is 0.490 e. The average Bonchev–Trinajstić information content (AvgIpc) is 3.31. The molecule has 0 spiro atoms. The molecule has 0 bridgehead atoms. The smallest absolute Gasteiger partial charge is 0.274 e. The number of benzene rings is 3. The monoisotopic (exact) mass is 496 g/mol. The SMILES string of the molecule is CCOc1cc(/C=c2/sc3nc4ccccc4n3c2=O)ccc1OCc1c(Cl)cccc1Cl. The van der Waals surface area contributed by atoms with Gasteiger partial charge in [0.15, 0.2) is 16.5 Å². The van der Waals surface area contributed by atoms with Crippen molar-refractivity contribution in [3.8, 4) is 11.5 Å². The molecule has 2 heterocycles. The van der Waals surface area contributed by atoms with Crippen LogP contribution in [0.25, 0.3) is 22.1 Å². The Morgan fingerprint density at radius 2 is 1.79 bits per heavy atom. The van der Waals surface area contributed by atoms with Crippen LogP contribution in [0.4, 0.5) is 0 Å². The second-order valence-corrected chi connectivity index (χ2v) is 9.09. The zero-order valence-electron chi connectivity index (χ0n) is 17.5. The number of halogens is 2. The highest BCUT2D eigenvalue weighted by atomic mass is 35.5. The molecule has 0 aliphatic heterocycles. The summed E-state index contributed by atoms with van der Waals surface area (Å²) >= 11 is 13.9. The van der Waals surface area contributed by atoms with E-state index in [1.165, 1.54) is 11.3 Å². The van der Waals surface area contributed by atoms with Crippen molar-refractivity contribution >= 4 is 56.6 Å². The summed E-state index contributed by atoms with van der Waals surface area (Å²) in [6.45, 7) is 2.58. The molecule has 0 radical (unpaired) electrons. The van der Waals surface area contributed by atoms with Crippen molar-refractivity contribution in [2.45, 2.75) is 13.5 Å². The third kappa shape index (κ3) is 4.17. The number of rotatable bonds is 6. The van der Waals surface area contributed by atoms with Gasteiger partial charge in [-0.2, -0.15) is 0 Å². The lowest BCUT2D eigenvalue weighted by Gasteiger charge is -2.14. The Morgan fingerprint density at radius 1 is 1.00 bits per heavy atom. The molecule has 2 aromatic heterocycles. The maximum atomic E-state index is 13.0. The zero-order valence-corrected chi connectivity index (χ0v) is 19.9. The highest BCUT2D eigenvalue weighted by Crippen LogP contribution is 2.32. The van der Waals surface area contributed by atoms with Gasteiger partial charge in [0.25, 0.3) is 5.56 Å². The Hall–Kier alpha value is -3.06. The first-order valence-corrected chi connectivity index (χ1v) is 11.9. The summed E-state index contributed by atoms with van der Waals surface area (Å²) in [7, 11) is 0. The van der Waals surface area contributed by atoms with E-state index in [1.807, 2.05) is 55.5 Å². The number of ether oxygens (including phenoxy) is 2. The normalized spacial score (nSPS) is 12.0. The fourth-order valence-electron chi connectivity index (χ4n) is 3.59. The van der Waals surface area contributed by atoms with Crippen LogP contribution in [0.2, 0.25) is 10.0 Å². The van der Waals surface area contributed by atoms with Gasteiger partial charge in [-0.3, -0.25) is 4.79 Å². The van der Waals surface area contributed by atoms with E-state index < -0.39 is 0 Å². The van der Waals surface area contributed by atoms with E-state index in [-0.39, 0.29) is 12.2 Å². The second-order valence-electron chi connectivity index (χ2n) is 7.26. The first-order chi connectivity index (χ1) is 16.0. The summed E-state index contributed by atoms with van der Waals surface area (Å²) < 4.78 is 14.0. The predicted molar refractivity (Wildman–Crippen MR) is 134 cm³/mol. The summed E-state index contributed by atoms with van der Waals surface area (Å²) in [5.74, 6) is 1.15. The fourth-order valence-corrected chi connectivity index (χ4v) is 5.08. The zero-order chi connectivity index (χ0) is 22.9. The van der Waals surface area contributed by atoms with Crippen LogP contribution in [0.3, 0.4) is 0 Å². The molecule has 0 aliphatic rings. The van der Waals surface area contributed by atoms with Crippen LogP contribution in [-0.2, 0) is 6.61 Å². The van der Waals surface area contributed by atoms with Crippen molar-refractivity contribution in [1.82, 2.24) is 9.38 Å². The number of nitrogens with zero attached hydrogens (tertiary/aromatic N) is 2. The molecule has 5 aromatic rings. The van der Waals surface area contributed by atoms with E-state index >= 15 is 0 Å². The predicted octanol–water partition coefficient (Wildman–Crippen LogP) is 5.74. The van der Waals surface area contributed by atoms with Crippen LogP contribution in [0.15, 0.2) is 65.5 Å². The van der Waals surface area contributed by atoms with E-state index in [0.717, 1.165) is 16.6 Å². The molecule has 0 aliphatic carbocycles. The summed E-state index contributed by atoms with van der Waals surface area (Å²) in [6, 6.07) is 18.5. The molecule has 8 heteroatoms. The van der Waals surface area contributed by atoms with Crippen molar-refractivity contribution < 1.29 is 9.47 Å². The molecule has 3 aromatic carbocycles. The number of thiazole rings is 1. The van der Waals surface area contributed by atoms with Gasteiger partial charge in [0.2, 0.25) is 0 Å². The molecule has 166 valence electrons. The van der Waals surface area contributed by atoms with Gasteiger partial charge in [-0.1, -0.05) is 58.8 Å². The molecule has 33 heavy (non-hydrogen) atoms. The van der Waals surface area contributed by atoms with E-state index in [9.17, 15) is 4.79 Å². The Morgan fingerprint density at radius 3 is 2.58 bits per heavy atom. The summed E-state index contributed by atoms with van der Waals surface area (Å²) in [5, 5.41) is 1.09. The van der Waals surface area contributed by atoms with Crippen LogP contribution in [0.1, 0.15) is 18.1 Å². The molecule has 0 saturated carbocycles. The molecule has 0 fully saturated rings. The van der Waals surface area contributed by atoms with Crippen molar-refractivity contribution in [2.24, 2.45) is 0 Å². The topological polar surface area (TPSA) is 52.8 Å². The Balaban J connectivity index is 1.49. The average molecular weight is 497 g/mol. The van der Waals surface area contributed by atoms with Gasteiger partial charge in [0, 0.05) is 15.6 Å². The first kappa shape index (κ1) is 21.8. The summed E-state index contributed by atoms with van der Waals surface area (Å²) in [6.07, 6.45) is 1.84. The van der Waals surface area contributed by atoms with Gasteiger partial charge < -0.3 is 9.47 Å². The van der Waals surface area contributed by atoms with Crippen LogP contribution < -0.4 is 19.6 Å².